The zero-order chi connectivity index (χ0) is 17.4. The van der Waals surface area contributed by atoms with Gasteiger partial charge in [-0.1, -0.05) is 11.6 Å². The Morgan fingerprint density at radius 3 is 2.88 bits per heavy atom. The fourth-order valence-electron chi connectivity index (χ4n) is 2.05. The molecule has 6 heteroatoms. The van der Waals surface area contributed by atoms with Gasteiger partial charge >= 0.3 is 0 Å². The lowest BCUT2D eigenvalue weighted by atomic mass is 10.2. The van der Waals surface area contributed by atoms with E-state index in [1.54, 1.807) is 24.3 Å². The predicted octanol–water partition coefficient (Wildman–Crippen LogP) is 3.98. The fourth-order valence-corrected chi connectivity index (χ4v) is 2.16. The lowest BCUT2D eigenvalue weighted by molar-refractivity contribution is 0.0913. The van der Waals surface area contributed by atoms with Gasteiger partial charge in [-0.25, -0.2) is 0 Å². The molecule has 0 spiro atoms. The van der Waals surface area contributed by atoms with E-state index in [0.717, 1.165) is 12.0 Å². The highest BCUT2D eigenvalue weighted by atomic mass is 35.5. The van der Waals surface area contributed by atoms with Gasteiger partial charge in [0.2, 0.25) is 0 Å². The molecule has 0 saturated heterocycles. The normalized spacial score (nSPS) is 10.6. The lowest BCUT2D eigenvalue weighted by Gasteiger charge is -2.06. The minimum atomic E-state index is -0.236. The van der Waals surface area contributed by atoms with E-state index < -0.39 is 0 Å². The van der Waals surface area contributed by atoms with Crippen LogP contribution in [0.3, 0.4) is 0 Å². The standard InChI is InChI=1S/C18H22ClNO4/c1-3-22-10-4-9-20-18(21)17-8-6-15(24-17)12-23-14-5-7-16(19)13(2)11-14/h5-8,11H,3-4,9-10,12H2,1-2H3,(H,20,21). The number of carbonyl (C=O) groups is 1. The number of benzene rings is 1. The van der Waals surface area contributed by atoms with Crippen LogP contribution >= 0.6 is 11.6 Å². The number of amides is 1. The number of carbonyl (C=O) groups excluding carboxylic acids is 1. The SMILES string of the molecule is CCOCCCNC(=O)c1ccc(COc2ccc(Cl)c(C)c2)o1. The summed E-state index contributed by atoms with van der Waals surface area (Å²) in [5, 5.41) is 3.49. The molecule has 130 valence electrons. The van der Waals surface area contributed by atoms with Crippen LogP contribution in [-0.4, -0.2) is 25.7 Å². The van der Waals surface area contributed by atoms with E-state index >= 15 is 0 Å². The summed E-state index contributed by atoms with van der Waals surface area (Å²) in [4.78, 5) is 11.9. The number of rotatable bonds is 9. The first-order valence-corrected chi connectivity index (χ1v) is 8.31. The monoisotopic (exact) mass is 351 g/mol. The number of nitrogens with one attached hydrogen (secondary N) is 1. The Morgan fingerprint density at radius 1 is 1.29 bits per heavy atom. The number of hydrogen-bond acceptors (Lipinski definition) is 4. The quantitative estimate of drug-likeness (QED) is 0.694. The second-order valence-electron chi connectivity index (χ2n) is 5.27. The predicted molar refractivity (Wildman–Crippen MR) is 92.7 cm³/mol. The van der Waals surface area contributed by atoms with Gasteiger partial charge in [0, 0.05) is 24.8 Å². The van der Waals surface area contributed by atoms with Crippen molar-refractivity contribution in [2.75, 3.05) is 19.8 Å². The highest BCUT2D eigenvalue weighted by molar-refractivity contribution is 6.31. The molecule has 0 atom stereocenters. The summed E-state index contributed by atoms with van der Waals surface area (Å²) in [5.41, 5.74) is 0.945. The second kappa shape index (κ2) is 9.35. The Hall–Kier alpha value is -1.98. The minimum Gasteiger partial charge on any atom is -0.486 e. The average Bonchev–Trinajstić information content (AvgIpc) is 3.05. The van der Waals surface area contributed by atoms with Gasteiger partial charge in [-0.3, -0.25) is 4.79 Å². The molecule has 0 radical (unpaired) electrons. The van der Waals surface area contributed by atoms with Crippen LogP contribution in [0.4, 0.5) is 0 Å². The molecule has 0 saturated carbocycles. The molecule has 1 aromatic heterocycles. The Bertz CT molecular complexity index is 669. The maximum absolute atomic E-state index is 11.9. The number of ether oxygens (including phenoxy) is 2. The van der Waals surface area contributed by atoms with Crippen molar-refractivity contribution >= 4 is 17.5 Å². The van der Waals surface area contributed by atoms with Crippen molar-refractivity contribution in [2.24, 2.45) is 0 Å². The van der Waals surface area contributed by atoms with E-state index in [1.807, 2.05) is 19.9 Å². The molecule has 0 bridgehead atoms. The molecule has 24 heavy (non-hydrogen) atoms. The largest absolute Gasteiger partial charge is 0.486 e. The number of furan rings is 1. The Morgan fingerprint density at radius 2 is 2.12 bits per heavy atom. The molecule has 1 amide bonds. The van der Waals surface area contributed by atoms with Gasteiger partial charge in [-0.05, 0) is 56.2 Å². The summed E-state index contributed by atoms with van der Waals surface area (Å²) >= 11 is 5.98. The molecule has 5 nitrogen and oxygen atoms in total. The number of hydrogen-bond donors (Lipinski definition) is 1. The first-order chi connectivity index (χ1) is 11.6. The van der Waals surface area contributed by atoms with Crippen molar-refractivity contribution in [3.63, 3.8) is 0 Å². The van der Waals surface area contributed by atoms with Crippen molar-refractivity contribution in [1.29, 1.82) is 0 Å². The summed E-state index contributed by atoms with van der Waals surface area (Å²) in [6.07, 6.45) is 0.770. The summed E-state index contributed by atoms with van der Waals surface area (Å²) in [6, 6.07) is 8.82. The number of halogens is 1. The van der Waals surface area contributed by atoms with Crippen molar-refractivity contribution in [3.05, 3.63) is 52.4 Å². The zero-order valence-electron chi connectivity index (χ0n) is 13.9. The van der Waals surface area contributed by atoms with Crippen LogP contribution in [0.15, 0.2) is 34.7 Å². The Labute approximate surface area is 146 Å². The van der Waals surface area contributed by atoms with Crippen LogP contribution < -0.4 is 10.1 Å². The van der Waals surface area contributed by atoms with E-state index in [9.17, 15) is 4.79 Å². The topological polar surface area (TPSA) is 60.7 Å². The van der Waals surface area contributed by atoms with Crippen molar-refractivity contribution in [3.8, 4) is 5.75 Å². The van der Waals surface area contributed by atoms with Crippen LogP contribution in [0.25, 0.3) is 0 Å². The van der Waals surface area contributed by atoms with Gasteiger partial charge in [0.25, 0.3) is 5.91 Å². The lowest BCUT2D eigenvalue weighted by Crippen LogP contribution is -2.24. The summed E-state index contributed by atoms with van der Waals surface area (Å²) in [6.45, 7) is 5.97. The summed E-state index contributed by atoms with van der Waals surface area (Å²) in [5.74, 6) is 1.33. The van der Waals surface area contributed by atoms with Gasteiger partial charge in [0.1, 0.15) is 18.1 Å². The van der Waals surface area contributed by atoms with Crippen LogP contribution in [0.2, 0.25) is 5.02 Å². The minimum absolute atomic E-state index is 0.236. The fraction of sp³-hybridized carbons (Fsp3) is 0.389. The Kier molecular flexibility index (Phi) is 7.15. The highest BCUT2D eigenvalue weighted by Crippen LogP contribution is 2.22. The van der Waals surface area contributed by atoms with Crippen LogP contribution in [0.5, 0.6) is 5.75 Å². The van der Waals surface area contributed by atoms with Crippen LogP contribution in [0.1, 0.15) is 35.2 Å². The van der Waals surface area contributed by atoms with Crippen molar-refractivity contribution in [2.45, 2.75) is 26.9 Å². The average molecular weight is 352 g/mol. The molecule has 0 unspecified atom stereocenters. The van der Waals surface area contributed by atoms with E-state index in [4.69, 9.17) is 25.5 Å². The molecule has 2 aromatic rings. The highest BCUT2D eigenvalue weighted by Gasteiger charge is 2.11. The van der Waals surface area contributed by atoms with Gasteiger partial charge in [0.15, 0.2) is 5.76 Å². The van der Waals surface area contributed by atoms with Gasteiger partial charge in [-0.2, -0.15) is 0 Å². The molecular weight excluding hydrogens is 330 g/mol. The third-order valence-corrected chi connectivity index (χ3v) is 3.78. The van der Waals surface area contributed by atoms with Gasteiger partial charge in [0.05, 0.1) is 0 Å². The first kappa shape index (κ1) is 18.4. The molecular formula is C18H22ClNO4. The maximum Gasteiger partial charge on any atom is 0.286 e. The smallest absolute Gasteiger partial charge is 0.286 e. The number of aryl methyl sites for hydroxylation is 1. The van der Waals surface area contributed by atoms with E-state index in [1.165, 1.54) is 0 Å². The third-order valence-electron chi connectivity index (χ3n) is 3.35. The van der Waals surface area contributed by atoms with Crippen LogP contribution in [-0.2, 0) is 11.3 Å². The third kappa shape index (κ3) is 5.58. The van der Waals surface area contributed by atoms with E-state index in [0.29, 0.717) is 36.3 Å². The molecule has 0 aliphatic heterocycles. The maximum atomic E-state index is 11.9. The molecule has 1 heterocycles. The Balaban J connectivity index is 1.79. The molecule has 1 aromatic carbocycles. The van der Waals surface area contributed by atoms with Gasteiger partial charge in [-0.15, -0.1) is 0 Å². The summed E-state index contributed by atoms with van der Waals surface area (Å²) < 4.78 is 16.4. The summed E-state index contributed by atoms with van der Waals surface area (Å²) in [7, 11) is 0. The van der Waals surface area contributed by atoms with Crippen LogP contribution in [0, 0.1) is 6.92 Å². The molecule has 0 fully saturated rings. The molecule has 0 aliphatic rings. The van der Waals surface area contributed by atoms with Crippen molar-refractivity contribution < 1.29 is 18.7 Å². The second-order valence-corrected chi connectivity index (χ2v) is 5.68. The van der Waals surface area contributed by atoms with Crippen molar-refractivity contribution in [1.82, 2.24) is 5.32 Å². The zero-order valence-corrected chi connectivity index (χ0v) is 14.7. The van der Waals surface area contributed by atoms with Gasteiger partial charge < -0.3 is 19.2 Å². The van der Waals surface area contributed by atoms with E-state index in [2.05, 4.69) is 5.32 Å². The molecule has 1 N–H and O–H groups in total. The molecule has 0 aliphatic carbocycles. The van der Waals surface area contributed by atoms with E-state index in [-0.39, 0.29) is 18.3 Å². The molecule has 2 rings (SSSR count). The first-order valence-electron chi connectivity index (χ1n) is 7.93.